The van der Waals surface area contributed by atoms with Crippen LogP contribution in [0.25, 0.3) is 0 Å². The summed E-state index contributed by atoms with van der Waals surface area (Å²) in [5.74, 6) is -1.13. The SMILES string of the molecule is NC1CCCCC1C(=O)NCCC(=O)O. The van der Waals surface area contributed by atoms with Crippen molar-refractivity contribution in [3.05, 3.63) is 0 Å². The summed E-state index contributed by atoms with van der Waals surface area (Å²) in [5, 5.41) is 11.0. The summed E-state index contributed by atoms with van der Waals surface area (Å²) in [6, 6.07) is -0.0661. The molecule has 0 aromatic carbocycles. The first-order chi connectivity index (χ1) is 7.11. The van der Waals surface area contributed by atoms with E-state index in [2.05, 4.69) is 5.32 Å². The van der Waals surface area contributed by atoms with E-state index in [1.165, 1.54) is 0 Å². The van der Waals surface area contributed by atoms with Crippen molar-refractivity contribution in [1.82, 2.24) is 5.32 Å². The number of carbonyl (C=O) groups is 2. The molecule has 5 nitrogen and oxygen atoms in total. The summed E-state index contributed by atoms with van der Waals surface area (Å²) in [6.07, 6.45) is 3.79. The quantitative estimate of drug-likeness (QED) is 0.618. The standard InChI is InChI=1S/C10H18N2O3/c11-8-4-2-1-3-7(8)10(15)12-6-5-9(13)14/h7-8H,1-6,11H2,(H,12,15)(H,13,14). The minimum absolute atomic E-state index is 0.0340. The lowest BCUT2D eigenvalue weighted by atomic mass is 9.84. The van der Waals surface area contributed by atoms with Gasteiger partial charge in [-0.2, -0.15) is 0 Å². The van der Waals surface area contributed by atoms with E-state index in [1.54, 1.807) is 0 Å². The van der Waals surface area contributed by atoms with E-state index in [4.69, 9.17) is 10.8 Å². The van der Waals surface area contributed by atoms with Crippen LogP contribution in [0.15, 0.2) is 0 Å². The minimum atomic E-state index is -0.900. The van der Waals surface area contributed by atoms with E-state index in [0.717, 1.165) is 25.7 Å². The molecule has 1 saturated carbocycles. The number of nitrogens with two attached hydrogens (primary N) is 1. The lowest BCUT2D eigenvalue weighted by molar-refractivity contribution is -0.137. The number of amides is 1. The van der Waals surface area contributed by atoms with Gasteiger partial charge in [0.2, 0.25) is 5.91 Å². The molecule has 1 aliphatic rings. The highest BCUT2D eigenvalue weighted by molar-refractivity contribution is 5.80. The first-order valence-corrected chi connectivity index (χ1v) is 5.36. The number of hydrogen-bond donors (Lipinski definition) is 3. The molecule has 1 rings (SSSR count). The zero-order chi connectivity index (χ0) is 11.3. The van der Waals surface area contributed by atoms with Crippen LogP contribution in [0.2, 0.25) is 0 Å². The van der Waals surface area contributed by atoms with E-state index in [9.17, 15) is 9.59 Å². The monoisotopic (exact) mass is 214 g/mol. The number of aliphatic carboxylic acids is 1. The number of carboxylic acids is 1. The van der Waals surface area contributed by atoms with Crippen molar-refractivity contribution in [1.29, 1.82) is 0 Å². The smallest absolute Gasteiger partial charge is 0.305 e. The molecule has 4 N–H and O–H groups in total. The summed E-state index contributed by atoms with van der Waals surface area (Å²) in [6.45, 7) is 0.192. The Balaban J connectivity index is 2.29. The highest BCUT2D eigenvalue weighted by Crippen LogP contribution is 2.22. The molecule has 0 radical (unpaired) electrons. The van der Waals surface area contributed by atoms with Crippen LogP contribution in [0.5, 0.6) is 0 Å². The second-order valence-electron chi connectivity index (χ2n) is 3.99. The molecule has 1 fully saturated rings. The van der Waals surface area contributed by atoms with Crippen molar-refractivity contribution >= 4 is 11.9 Å². The van der Waals surface area contributed by atoms with Crippen LogP contribution < -0.4 is 11.1 Å². The molecular weight excluding hydrogens is 196 g/mol. The molecular formula is C10H18N2O3. The Morgan fingerprint density at radius 3 is 2.60 bits per heavy atom. The topological polar surface area (TPSA) is 92.4 Å². The molecule has 86 valence electrons. The Bertz CT molecular complexity index is 243. The Labute approximate surface area is 89.0 Å². The van der Waals surface area contributed by atoms with Crippen LogP contribution >= 0.6 is 0 Å². The highest BCUT2D eigenvalue weighted by atomic mass is 16.4. The van der Waals surface area contributed by atoms with E-state index < -0.39 is 5.97 Å². The molecule has 2 atom stereocenters. The van der Waals surface area contributed by atoms with Crippen molar-refractivity contribution in [2.24, 2.45) is 11.7 Å². The molecule has 0 heterocycles. The maximum absolute atomic E-state index is 11.6. The summed E-state index contributed by atoms with van der Waals surface area (Å²) in [5.41, 5.74) is 5.83. The van der Waals surface area contributed by atoms with Gasteiger partial charge in [-0.15, -0.1) is 0 Å². The number of hydrogen-bond acceptors (Lipinski definition) is 3. The molecule has 0 saturated heterocycles. The Kier molecular flexibility index (Phi) is 4.55. The molecule has 1 amide bonds. The van der Waals surface area contributed by atoms with Crippen LogP contribution in [0, 0.1) is 5.92 Å². The summed E-state index contributed by atoms with van der Waals surface area (Å²) in [4.78, 5) is 21.9. The van der Waals surface area contributed by atoms with Gasteiger partial charge in [-0.25, -0.2) is 0 Å². The number of carboxylic acid groups (broad SMARTS) is 1. The second kappa shape index (κ2) is 5.70. The van der Waals surface area contributed by atoms with Gasteiger partial charge in [0.05, 0.1) is 12.3 Å². The van der Waals surface area contributed by atoms with Gasteiger partial charge in [-0.05, 0) is 12.8 Å². The Morgan fingerprint density at radius 1 is 1.33 bits per heavy atom. The molecule has 5 heteroatoms. The largest absolute Gasteiger partial charge is 0.481 e. The van der Waals surface area contributed by atoms with Crippen molar-refractivity contribution in [2.75, 3.05) is 6.54 Å². The lowest BCUT2D eigenvalue weighted by Crippen LogP contribution is -2.44. The third-order valence-corrected chi connectivity index (χ3v) is 2.79. The predicted molar refractivity (Wildman–Crippen MR) is 55.2 cm³/mol. The van der Waals surface area contributed by atoms with Crippen molar-refractivity contribution in [3.63, 3.8) is 0 Å². The Morgan fingerprint density at radius 2 is 2.00 bits per heavy atom. The van der Waals surface area contributed by atoms with Crippen LogP contribution in [0.4, 0.5) is 0 Å². The fourth-order valence-electron chi connectivity index (χ4n) is 1.91. The van der Waals surface area contributed by atoms with Gasteiger partial charge < -0.3 is 16.2 Å². The van der Waals surface area contributed by atoms with E-state index >= 15 is 0 Å². The summed E-state index contributed by atoms with van der Waals surface area (Å²) in [7, 11) is 0. The molecule has 0 aromatic rings. The number of nitrogens with one attached hydrogen (secondary N) is 1. The zero-order valence-corrected chi connectivity index (χ0v) is 8.74. The van der Waals surface area contributed by atoms with Gasteiger partial charge in [0.25, 0.3) is 0 Å². The van der Waals surface area contributed by atoms with E-state index in [-0.39, 0.29) is 30.8 Å². The molecule has 0 bridgehead atoms. The summed E-state index contributed by atoms with van der Waals surface area (Å²) < 4.78 is 0. The average molecular weight is 214 g/mol. The second-order valence-corrected chi connectivity index (χ2v) is 3.99. The Hall–Kier alpha value is -1.10. The maximum Gasteiger partial charge on any atom is 0.305 e. The van der Waals surface area contributed by atoms with Crippen molar-refractivity contribution < 1.29 is 14.7 Å². The average Bonchev–Trinajstić information content (AvgIpc) is 2.17. The molecule has 0 spiro atoms. The van der Waals surface area contributed by atoms with Crippen LogP contribution in [-0.2, 0) is 9.59 Å². The highest BCUT2D eigenvalue weighted by Gasteiger charge is 2.27. The predicted octanol–water partition coefficient (Wildman–Crippen LogP) is 0.0948. The van der Waals surface area contributed by atoms with Crippen molar-refractivity contribution in [2.45, 2.75) is 38.1 Å². The van der Waals surface area contributed by atoms with E-state index in [1.807, 2.05) is 0 Å². The zero-order valence-electron chi connectivity index (χ0n) is 8.74. The van der Waals surface area contributed by atoms with Gasteiger partial charge in [-0.3, -0.25) is 9.59 Å². The molecule has 15 heavy (non-hydrogen) atoms. The van der Waals surface area contributed by atoms with Gasteiger partial charge in [0, 0.05) is 12.6 Å². The van der Waals surface area contributed by atoms with Crippen LogP contribution in [0.3, 0.4) is 0 Å². The first-order valence-electron chi connectivity index (χ1n) is 5.36. The third kappa shape index (κ3) is 3.87. The molecule has 0 aromatic heterocycles. The van der Waals surface area contributed by atoms with Gasteiger partial charge in [0.1, 0.15) is 0 Å². The third-order valence-electron chi connectivity index (χ3n) is 2.79. The normalized spacial score (nSPS) is 25.9. The molecule has 1 aliphatic carbocycles. The summed E-state index contributed by atoms with van der Waals surface area (Å²) >= 11 is 0. The van der Waals surface area contributed by atoms with Gasteiger partial charge in [-0.1, -0.05) is 12.8 Å². The van der Waals surface area contributed by atoms with Gasteiger partial charge >= 0.3 is 5.97 Å². The minimum Gasteiger partial charge on any atom is -0.481 e. The fourth-order valence-corrected chi connectivity index (χ4v) is 1.91. The fraction of sp³-hybridized carbons (Fsp3) is 0.800. The van der Waals surface area contributed by atoms with E-state index in [0.29, 0.717) is 0 Å². The van der Waals surface area contributed by atoms with Crippen molar-refractivity contribution in [3.8, 4) is 0 Å². The van der Waals surface area contributed by atoms with Crippen LogP contribution in [-0.4, -0.2) is 29.6 Å². The van der Waals surface area contributed by atoms with Crippen LogP contribution in [0.1, 0.15) is 32.1 Å². The maximum atomic E-state index is 11.6. The first kappa shape index (κ1) is 12.0. The number of carbonyl (C=O) groups excluding carboxylic acids is 1. The lowest BCUT2D eigenvalue weighted by Gasteiger charge is -2.27. The molecule has 0 aliphatic heterocycles. The molecule has 2 unspecified atom stereocenters. The van der Waals surface area contributed by atoms with Gasteiger partial charge in [0.15, 0.2) is 0 Å². The number of rotatable bonds is 4.